The molecule has 1 saturated heterocycles. The molecular formula is C12H24N2O. The maximum absolute atomic E-state index is 5.81. The van der Waals surface area contributed by atoms with Gasteiger partial charge in [-0.2, -0.15) is 0 Å². The van der Waals surface area contributed by atoms with Gasteiger partial charge in [-0.3, -0.25) is 0 Å². The first-order chi connectivity index (χ1) is 7.28. The lowest BCUT2D eigenvalue weighted by Crippen LogP contribution is -2.41. The van der Waals surface area contributed by atoms with Gasteiger partial charge in [0.15, 0.2) is 0 Å². The molecule has 2 N–H and O–H groups in total. The van der Waals surface area contributed by atoms with Crippen molar-refractivity contribution in [3.8, 4) is 0 Å². The number of piperidine rings is 1. The third-order valence-electron chi connectivity index (χ3n) is 3.89. The van der Waals surface area contributed by atoms with E-state index in [0.717, 1.165) is 13.2 Å². The van der Waals surface area contributed by atoms with Gasteiger partial charge in [0.1, 0.15) is 0 Å². The first kappa shape index (κ1) is 11.4. The van der Waals surface area contributed by atoms with Gasteiger partial charge < -0.3 is 15.4 Å². The van der Waals surface area contributed by atoms with Crippen molar-refractivity contribution in [2.75, 3.05) is 32.8 Å². The summed E-state index contributed by atoms with van der Waals surface area (Å²) in [5.41, 5.74) is 6.31. The van der Waals surface area contributed by atoms with Gasteiger partial charge in [0, 0.05) is 26.2 Å². The monoisotopic (exact) mass is 212 g/mol. The molecule has 3 heteroatoms. The summed E-state index contributed by atoms with van der Waals surface area (Å²) in [6.07, 6.45) is 5.60. The first-order valence-corrected chi connectivity index (χ1v) is 6.32. The Morgan fingerprint density at radius 2 is 2.00 bits per heavy atom. The molecule has 0 radical (unpaired) electrons. The van der Waals surface area contributed by atoms with E-state index in [0.29, 0.717) is 11.5 Å². The van der Waals surface area contributed by atoms with Crippen LogP contribution in [0.4, 0.5) is 0 Å². The van der Waals surface area contributed by atoms with Crippen LogP contribution < -0.4 is 5.73 Å². The Balaban J connectivity index is 1.69. The van der Waals surface area contributed by atoms with Gasteiger partial charge in [0.25, 0.3) is 0 Å². The molecule has 0 unspecified atom stereocenters. The third kappa shape index (κ3) is 2.92. The molecule has 0 amide bonds. The van der Waals surface area contributed by atoms with Gasteiger partial charge >= 0.3 is 0 Å². The van der Waals surface area contributed by atoms with Crippen molar-refractivity contribution in [1.29, 1.82) is 0 Å². The maximum Gasteiger partial charge on any atom is 0.0599 e. The van der Waals surface area contributed by atoms with Crippen LogP contribution in [0.25, 0.3) is 0 Å². The van der Waals surface area contributed by atoms with E-state index in [-0.39, 0.29) is 0 Å². The van der Waals surface area contributed by atoms with Crippen LogP contribution in [0.15, 0.2) is 0 Å². The van der Waals surface area contributed by atoms with E-state index in [2.05, 4.69) is 11.8 Å². The number of hydrogen-bond acceptors (Lipinski definition) is 3. The van der Waals surface area contributed by atoms with Gasteiger partial charge in [-0.25, -0.2) is 0 Å². The summed E-state index contributed by atoms with van der Waals surface area (Å²) >= 11 is 0. The van der Waals surface area contributed by atoms with E-state index in [4.69, 9.17) is 10.5 Å². The summed E-state index contributed by atoms with van der Waals surface area (Å²) in [5.74, 6) is 0. The van der Waals surface area contributed by atoms with Crippen molar-refractivity contribution in [3.05, 3.63) is 0 Å². The molecule has 0 aromatic heterocycles. The number of likely N-dealkylation sites (tertiary alicyclic amines) is 1. The van der Waals surface area contributed by atoms with Crippen LogP contribution in [0.3, 0.4) is 0 Å². The van der Waals surface area contributed by atoms with Crippen molar-refractivity contribution in [2.45, 2.75) is 38.7 Å². The van der Waals surface area contributed by atoms with Crippen LogP contribution in [-0.2, 0) is 4.74 Å². The highest BCUT2D eigenvalue weighted by Gasteiger charge is 2.42. The normalized spacial score (nSPS) is 26.8. The molecule has 0 aromatic rings. The molecule has 0 aromatic carbocycles. The van der Waals surface area contributed by atoms with Crippen molar-refractivity contribution in [2.24, 2.45) is 11.1 Å². The number of hydrogen-bond donors (Lipinski definition) is 1. The van der Waals surface area contributed by atoms with Gasteiger partial charge in [0.2, 0.25) is 0 Å². The van der Waals surface area contributed by atoms with Crippen LogP contribution in [0, 0.1) is 5.41 Å². The van der Waals surface area contributed by atoms with Gasteiger partial charge in [-0.1, -0.05) is 0 Å². The molecule has 1 aliphatic carbocycles. The minimum Gasteiger partial charge on any atom is -0.378 e. The standard InChI is InChI=1S/C12H24N2O/c1-2-15-11-3-7-14(8-4-11)10-12(9-13)5-6-12/h11H,2-10,13H2,1H3. The predicted molar refractivity (Wildman–Crippen MR) is 61.8 cm³/mol. The summed E-state index contributed by atoms with van der Waals surface area (Å²) in [7, 11) is 0. The minimum absolute atomic E-state index is 0.498. The Kier molecular flexibility index (Phi) is 3.65. The minimum atomic E-state index is 0.498. The fraction of sp³-hybridized carbons (Fsp3) is 1.00. The summed E-state index contributed by atoms with van der Waals surface area (Å²) < 4.78 is 5.65. The zero-order valence-corrected chi connectivity index (χ0v) is 9.87. The van der Waals surface area contributed by atoms with E-state index in [9.17, 15) is 0 Å². The first-order valence-electron chi connectivity index (χ1n) is 6.32. The molecule has 2 aliphatic rings. The highest BCUT2D eigenvalue weighted by molar-refractivity contribution is 4.96. The summed E-state index contributed by atoms with van der Waals surface area (Å²) in [6.45, 7) is 7.44. The lowest BCUT2D eigenvalue weighted by molar-refractivity contribution is 0.0103. The molecule has 1 saturated carbocycles. The molecule has 1 aliphatic heterocycles. The zero-order chi connectivity index (χ0) is 10.7. The Labute approximate surface area is 93.0 Å². The third-order valence-corrected chi connectivity index (χ3v) is 3.89. The van der Waals surface area contributed by atoms with Crippen LogP contribution in [0.1, 0.15) is 32.6 Å². The van der Waals surface area contributed by atoms with Crippen LogP contribution in [0.2, 0.25) is 0 Å². The van der Waals surface area contributed by atoms with Gasteiger partial charge in [0.05, 0.1) is 6.10 Å². The summed E-state index contributed by atoms with van der Waals surface area (Å²) in [5, 5.41) is 0. The quantitative estimate of drug-likeness (QED) is 0.745. The van der Waals surface area contributed by atoms with E-state index < -0.39 is 0 Å². The SMILES string of the molecule is CCOC1CCN(CC2(CN)CC2)CC1. The topological polar surface area (TPSA) is 38.5 Å². The molecule has 3 nitrogen and oxygen atoms in total. The second-order valence-electron chi connectivity index (χ2n) is 5.13. The molecule has 0 bridgehead atoms. The largest absolute Gasteiger partial charge is 0.378 e. The lowest BCUT2D eigenvalue weighted by Gasteiger charge is -2.34. The van der Waals surface area contributed by atoms with Gasteiger partial charge in [-0.15, -0.1) is 0 Å². The Hall–Kier alpha value is -0.120. The Morgan fingerprint density at radius 3 is 2.47 bits per heavy atom. The van der Waals surface area contributed by atoms with E-state index in [1.165, 1.54) is 45.3 Å². The molecule has 0 spiro atoms. The highest BCUT2D eigenvalue weighted by atomic mass is 16.5. The zero-order valence-electron chi connectivity index (χ0n) is 9.87. The van der Waals surface area contributed by atoms with Crippen LogP contribution in [0.5, 0.6) is 0 Å². The van der Waals surface area contributed by atoms with Crippen molar-refractivity contribution in [1.82, 2.24) is 4.90 Å². The van der Waals surface area contributed by atoms with Crippen molar-refractivity contribution in [3.63, 3.8) is 0 Å². The second-order valence-corrected chi connectivity index (χ2v) is 5.13. The van der Waals surface area contributed by atoms with E-state index in [1.54, 1.807) is 0 Å². The van der Waals surface area contributed by atoms with Gasteiger partial charge in [-0.05, 0) is 44.6 Å². The molecule has 2 fully saturated rings. The summed E-state index contributed by atoms with van der Waals surface area (Å²) in [6, 6.07) is 0. The molecule has 2 rings (SSSR count). The molecule has 0 atom stereocenters. The fourth-order valence-electron chi connectivity index (χ4n) is 2.55. The summed E-state index contributed by atoms with van der Waals surface area (Å²) in [4.78, 5) is 2.58. The molecule has 1 heterocycles. The fourth-order valence-corrected chi connectivity index (χ4v) is 2.55. The lowest BCUT2D eigenvalue weighted by atomic mass is 10.0. The number of nitrogens with two attached hydrogens (primary N) is 1. The highest BCUT2D eigenvalue weighted by Crippen LogP contribution is 2.45. The molecule has 15 heavy (non-hydrogen) atoms. The number of rotatable bonds is 5. The van der Waals surface area contributed by atoms with E-state index >= 15 is 0 Å². The maximum atomic E-state index is 5.81. The van der Waals surface area contributed by atoms with Crippen molar-refractivity contribution >= 4 is 0 Å². The Bertz CT molecular complexity index is 196. The van der Waals surface area contributed by atoms with Crippen LogP contribution >= 0.6 is 0 Å². The number of ether oxygens (including phenoxy) is 1. The second kappa shape index (κ2) is 4.81. The van der Waals surface area contributed by atoms with E-state index in [1.807, 2.05) is 0 Å². The number of nitrogens with zero attached hydrogens (tertiary/aromatic N) is 1. The molecule has 88 valence electrons. The average Bonchev–Trinajstić information content (AvgIpc) is 3.02. The average molecular weight is 212 g/mol. The molecular weight excluding hydrogens is 188 g/mol. The van der Waals surface area contributed by atoms with Crippen molar-refractivity contribution < 1.29 is 4.74 Å². The predicted octanol–water partition coefficient (Wildman–Crippen LogP) is 1.23. The Morgan fingerprint density at radius 1 is 1.33 bits per heavy atom. The van der Waals surface area contributed by atoms with Crippen LogP contribution in [-0.4, -0.2) is 43.8 Å². The smallest absolute Gasteiger partial charge is 0.0599 e.